The topological polar surface area (TPSA) is 147 Å². The maximum absolute atomic E-state index is 11.3. The van der Waals surface area contributed by atoms with Gasteiger partial charge in [-0.05, 0) is 133 Å². The van der Waals surface area contributed by atoms with Gasteiger partial charge in [-0.25, -0.2) is 0 Å². The highest BCUT2D eigenvalue weighted by atomic mass is 79.9. The molecular formula is C41H36Br9N5O6. The van der Waals surface area contributed by atoms with Crippen molar-refractivity contribution in [2.75, 3.05) is 25.2 Å². The molecule has 7 heterocycles. The smallest absolute Gasteiger partial charge is 0.190 e. The SMILES string of the molecule is C=C1COCc2c(Br)cncc21.C=CCBr.C=CCOCc1c(Br)cncc1Br.O=C1COCc2c(Br)cncc21.O=Cc1c(Br)cncc1Br.OCc1c(Br)cncc1Br. The Morgan fingerprint density at radius 3 is 1.41 bits per heavy atom. The molecule has 0 saturated heterocycles. The van der Waals surface area contributed by atoms with Gasteiger partial charge in [-0.1, -0.05) is 34.7 Å². The van der Waals surface area contributed by atoms with E-state index in [0.29, 0.717) is 53.1 Å². The number of hydrogen-bond donors (Lipinski definition) is 1. The second kappa shape index (κ2) is 31.4. The van der Waals surface area contributed by atoms with Crippen LogP contribution in [0.3, 0.4) is 0 Å². The molecule has 61 heavy (non-hydrogen) atoms. The number of carbonyl (C=O) groups excluding carboxylic acids is 2. The second-order valence-electron chi connectivity index (χ2n) is 11.5. The first-order valence-electron chi connectivity index (χ1n) is 17.1. The third-order valence-electron chi connectivity index (χ3n) is 7.36. The third kappa shape index (κ3) is 19.2. The zero-order valence-electron chi connectivity index (χ0n) is 31.9. The number of allylic oxidation sites excluding steroid dienone is 1. The summed E-state index contributed by atoms with van der Waals surface area (Å²) in [6.45, 7) is 14.0. The molecule has 0 bridgehead atoms. The summed E-state index contributed by atoms with van der Waals surface area (Å²) in [4.78, 5) is 41.4. The first-order chi connectivity index (χ1) is 29.2. The number of alkyl halides is 1. The molecule has 0 fully saturated rings. The number of rotatable bonds is 7. The van der Waals surface area contributed by atoms with E-state index in [2.05, 4.69) is 188 Å². The molecule has 0 unspecified atom stereocenters. The number of aliphatic hydroxyl groups excluding tert-OH is 1. The van der Waals surface area contributed by atoms with Gasteiger partial charge in [-0.3, -0.25) is 34.5 Å². The highest BCUT2D eigenvalue weighted by Gasteiger charge is 2.19. The number of fused-ring (bicyclic) bond motifs is 2. The molecule has 0 spiro atoms. The van der Waals surface area contributed by atoms with Crippen LogP contribution in [0.25, 0.3) is 5.57 Å². The Hall–Kier alpha value is -1.53. The molecule has 7 rings (SSSR count). The Morgan fingerprint density at radius 2 is 1.02 bits per heavy atom. The van der Waals surface area contributed by atoms with E-state index in [0.717, 1.165) is 71.8 Å². The highest BCUT2D eigenvalue weighted by molar-refractivity contribution is 9.12. The molecule has 0 radical (unpaired) electrons. The van der Waals surface area contributed by atoms with E-state index in [1.807, 2.05) is 6.20 Å². The fourth-order valence-corrected chi connectivity index (χ4v) is 8.73. The van der Waals surface area contributed by atoms with Crippen LogP contribution in [-0.2, 0) is 40.6 Å². The monoisotopic (exact) mass is 1400 g/mol. The van der Waals surface area contributed by atoms with Crippen LogP contribution in [-0.4, -0.2) is 67.2 Å². The number of Topliss-reactive ketones (excluding diaryl/α,β-unsaturated/α-hetero) is 1. The van der Waals surface area contributed by atoms with Gasteiger partial charge in [0.05, 0.1) is 39.6 Å². The number of aldehydes is 1. The molecule has 11 nitrogen and oxygen atoms in total. The summed E-state index contributed by atoms with van der Waals surface area (Å²) >= 11 is 29.5. The van der Waals surface area contributed by atoms with E-state index >= 15 is 0 Å². The van der Waals surface area contributed by atoms with E-state index in [1.165, 1.54) is 0 Å². The molecule has 0 atom stereocenters. The maximum atomic E-state index is 11.3. The molecule has 5 aromatic rings. The number of hydrogen-bond acceptors (Lipinski definition) is 11. The Kier molecular flexibility index (Phi) is 28.6. The highest BCUT2D eigenvalue weighted by Crippen LogP contribution is 2.29. The molecular weight excluding hydrogens is 1380 g/mol. The van der Waals surface area contributed by atoms with E-state index in [1.54, 1.807) is 67.9 Å². The zero-order chi connectivity index (χ0) is 45.3. The Bertz CT molecular complexity index is 2120. The Balaban J connectivity index is 0.000000258. The van der Waals surface area contributed by atoms with Gasteiger partial charge in [-0.2, -0.15) is 0 Å². The lowest BCUT2D eigenvalue weighted by Gasteiger charge is -2.18. The number of pyridine rings is 5. The van der Waals surface area contributed by atoms with Crippen molar-refractivity contribution in [3.05, 3.63) is 169 Å². The summed E-state index contributed by atoms with van der Waals surface area (Å²) in [7, 11) is 0. The summed E-state index contributed by atoms with van der Waals surface area (Å²) in [5, 5.41) is 9.71. The zero-order valence-corrected chi connectivity index (χ0v) is 46.2. The minimum Gasteiger partial charge on any atom is -0.392 e. The molecule has 0 aromatic carbocycles. The molecule has 0 aliphatic carbocycles. The van der Waals surface area contributed by atoms with Crippen molar-refractivity contribution in [1.29, 1.82) is 0 Å². The van der Waals surface area contributed by atoms with E-state index in [-0.39, 0.29) is 19.0 Å². The lowest BCUT2D eigenvalue weighted by molar-refractivity contribution is 0.0662. The van der Waals surface area contributed by atoms with Gasteiger partial charge >= 0.3 is 0 Å². The largest absolute Gasteiger partial charge is 0.392 e. The van der Waals surface area contributed by atoms with Gasteiger partial charge in [0.2, 0.25) is 0 Å². The quantitative estimate of drug-likeness (QED) is 0.0719. The van der Waals surface area contributed by atoms with Crippen LogP contribution in [0.2, 0.25) is 0 Å². The lowest BCUT2D eigenvalue weighted by Crippen LogP contribution is -2.18. The number of carbonyl (C=O) groups is 2. The second-order valence-corrected chi connectivity index (χ2v) is 19.0. The van der Waals surface area contributed by atoms with Gasteiger partial charge in [0, 0.05) is 142 Å². The molecule has 0 saturated carbocycles. The number of ketones is 1. The summed E-state index contributed by atoms with van der Waals surface area (Å²) < 4.78 is 22.5. The van der Waals surface area contributed by atoms with Crippen molar-refractivity contribution in [3.63, 3.8) is 0 Å². The summed E-state index contributed by atoms with van der Waals surface area (Å²) in [6, 6.07) is 0. The minimum atomic E-state index is 0.00468. The Morgan fingerprint density at radius 1 is 0.607 bits per heavy atom. The van der Waals surface area contributed by atoms with Crippen LogP contribution in [0, 0.1) is 0 Å². The number of nitrogens with zero attached hydrogens (tertiary/aromatic N) is 5. The molecule has 1 N–H and O–H groups in total. The summed E-state index contributed by atoms with van der Waals surface area (Å²) in [5.41, 5.74) is 7.35. The van der Waals surface area contributed by atoms with Gasteiger partial charge in [0.15, 0.2) is 12.1 Å². The van der Waals surface area contributed by atoms with Crippen LogP contribution in [0.4, 0.5) is 0 Å². The van der Waals surface area contributed by atoms with Crippen LogP contribution in [0.5, 0.6) is 0 Å². The average molecular weight is 1410 g/mol. The van der Waals surface area contributed by atoms with E-state index in [4.69, 9.17) is 19.3 Å². The Labute approximate surface area is 430 Å². The maximum Gasteiger partial charge on any atom is 0.190 e. The van der Waals surface area contributed by atoms with Crippen molar-refractivity contribution in [2.45, 2.75) is 26.4 Å². The number of ether oxygens (including phenoxy) is 3. The average Bonchev–Trinajstić information content (AvgIpc) is 3.24. The summed E-state index contributed by atoms with van der Waals surface area (Å²) in [5.74, 6) is 0.00468. The van der Waals surface area contributed by atoms with Gasteiger partial charge in [-0.15, -0.1) is 13.2 Å². The molecule has 2 aliphatic rings. The molecule has 5 aromatic heterocycles. The lowest BCUT2D eigenvalue weighted by atomic mass is 10.0. The normalized spacial score (nSPS) is 12.0. The van der Waals surface area contributed by atoms with Gasteiger partial charge < -0.3 is 19.3 Å². The molecule has 20 heteroatoms. The van der Waals surface area contributed by atoms with Crippen molar-refractivity contribution >= 4 is 161 Å². The van der Waals surface area contributed by atoms with Crippen molar-refractivity contribution in [1.82, 2.24) is 24.9 Å². The van der Waals surface area contributed by atoms with Crippen LogP contribution >= 0.6 is 143 Å². The fourth-order valence-electron chi connectivity index (χ4n) is 4.38. The molecule has 324 valence electrons. The molecule has 0 amide bonds. The van der Waals surface area contributed by atoms with Crippen molar-refractivity contribution in [3.8, 4) is 0 Å². The third-order valence-corrected chi connectivity index (χ3v) is 13.2. The number of halogens is 9. The van der Waals surface area contributed by atoms with E-state index in [9.17, 15) is 9.59 Å². The first kappa shape index (κ1) is 55.6. The van der Waals surface area contributed by atoms with Crippen LogP contribution < -0.4 is 0 Å². The first-order valence-corrected chi connectivity index (χ1v) is 24.6. The number of aromatic nitrogens is 5. The van der Waals surface area contributed by atoms with Crippen molar-refractivity contribution in [2.24, 2.45) is 0 Å². The molecule has 2 aliphatic heterocycles. The van der Waals surface area contributed by atoms with Crippen LogP contribution in [0.1, 0.15) is 48.5 Å². The van der Waals surface area contributed by atoms with E-state index < -0.39 is 0 Å². The predicted molar refractivity (Wildman–Crippen MR) is 271 cm³/mol. The van der Waals surface area contributed by atoms with Crippen LogP contribution in [0.15, 0.2) is 130 Å². The van der Waals surface area contributed by atoms with Gasteiger partial charge in [0.1, 0.15) is 6.61 Å². The fraction of sp³-hybridized carbons (Fsp3) is 0.195. The predicted octanol–water partition coefficient (Wildman–Crippen LogP) is 13.3. The van der Waals surface area contributed by atoms with Gasteiger partial charge in [0.25, 0.3) is 0 Å². The standard InChI is InChI=1S/C9H9Br2NO.C9H8BrNO.C8H6BrNO2.C6H5Br2NO.C6H3Br2NO.C3H5Br/c1-2-3-13-6-7-8(10)4-12-5-9(7)11;1-6-4-12-5-8-7(6)2-11-3-9(8)10;9-7-2-10-1-5-6(7)3-12-4-8(5)11;2*7-5-1-9-2-6(8)4(5)3-10;1-2-3-4/h2,4-5H,1,3,6H2;2-3H,1,4-5H2;1-2H,3-4H2;1-2,10H,3H2;1-3H;2H,1,3H2. The summed E-state index contributed by atoms with van der Waals surface area (Å²) in [6.07, 6.45) is 21.1. The minimum absolute atomic E-state index is 0.00468. The van der Waals surface area contributed by atoms with Crippen molar-refractivity contribution < 1.29 is 28.9 Å². The number of aliphatic hydroxyl groups is 1.